The van der Waals surface area contributed by atoms with Gasteiger partial charge in [0.2, 0.25) is 0 Å². The van der Waals surface area contributed by atoms with E-state index in [0.717, 1.165) is 19.3 Å². The molecule has 4 nitrogen and oxygen atoms in total. The Bertz CT molecular complexity index is 338. The average molecular weight is 312 g/mol. The van der Waals surface area contributed by atoms with E-state index in [1.807, 2.05) is 13.8 Å². The van der Waals surface area contributed by atoms with Gasteiger partial charge in [-0.05, 0) is 50.4 Å². The van der Waals surface area contributed by atoms with Crippen LogP contribution in [-0.4, -0.2) is 24.6 Å². The molecule has 0 radical (unpaired) electrons. The lowest BCUT2D eigenvalue weighted by molar-refractivity contribution is -0.154. The molecule has 1 aliphatic carbocycles. The zero-order valence-corrected chi connectivity index (χ0v) is 14.4. The molecule has 0 bridgehead atoms. The molecule has 1 aliphatic rings. The van der Waals surface area contributed by atoms with Gasteiger partial charge in [-0.15, -0.1) is 0 Å². The molecule has 0 heterocycles. The lowest BCUT2D eigenvalue weighted by atomic mass is 9.85. The molecule has 0 aliphatic heterocycles. The zero-order chi connectivity index (χ0) is 16.4. The Morgan fingerprint density at radius 3 is 2.32 bits per heavy atom. The van der Waals surface area contributed by atoms with Crippen LogP contribution in [-0.2, 0) is 19.1 Å². The van der Waals surface area contributed by atoms with Gasteiger partial charge in [0, 0.05) is 12.8 Å². The lowest BCUT2D eigenvalue weighted by Gasteiger charge is -2.30. The predicted octanol–water partition coefficient (Wildman–Crippen LogP) is 4.26. The minimum atomic E-state index is -0.166. The van der Waals surface area contributed by atoms with Gasteiger partial charge in [-0.1, -0.05) is 27.2 Å². The van der Waals surface area contributed by atoms with Crippen LogP contribution >= 0.6 is 0 Å². The number of carbonyl (C=O) groups is 2. The Morgan fingerprint density at radius 2 is 1.68 bits per heavy atom. The van der Waals surface area contributed by atoms with E-state index in [2.05, 4.69) is 6.92 Å². The van der Waals surface area contributed by atoms with E-state index in [1.54, 1.807) is 0 Å². The van der Waals surface area contributed by atoms with Crippen molar-refractivity contribution in [3.8, 4) is 0 Å². The molecule has 0 spiro atoms. The van der Waals surface area contributed by atoms with Crippen molar-refractivity contribution in [3.63, 3.8) is 0 Å². The van der Waals surface area contributed by atoms with Crippen LogP contribution in [0.5, 0.6) is 0 Å². The highest BCUT2D eigenvalue weighted by Crippen LogP contribution is 2.29. The SMILES string of the molecule is CCC1CCCCC1OC(=O)CCCCC(=O)OCC(C)C. The first-order valence-corrected chi connectivity index (χ1v) is 8.88. The number of unbranched alkanes of at least 4 members (excludes halogenated alkanes) is 1. The second-order valence-electron chi connectivity index (χ2n) is 6.77. The van der Waals surface area contributed by atoms with Crippen LogP contribution in [0.4, 0.5) is 0 Å². The topological polar surface area (TPSA) is 52.6 Å². The second-order valence-corrected chi connectivity index (χ2v) is 6.77. The highest BCUT2D eigenvalue weighted by molar-refractivity contribution is 5.70. The number of carbonyl (C=O) groups excluding carboxylic acids is 2. The minimum Gasteiger partial charge on any atom is -0.465 e. The van der Waals surface area contributed by atoms with Gasteiger partial charge >= 0.3 is 11.9 Å². The zero-order valence-electron chi connectivity index (χ0n) is 14.4. The molecule has 0 saturated heterocycles. The Kier molecular flexibility index (Phi) is 9.17. The predicted molar refractivity (Wildman–Crippen MR) is 86.4 cm³/mol. The molecular weight excluding hydrogens is 280 g/mol. The van der Waals surface area contributed by atoms with E-state index in [9.17, 15) is 9.59 Å². The van der Waals surface area contributed by atoms with Crippen molar-refractivity contribution in [3.05, 3.63) is 0 Å². The number of rotatable bonds is 9. The monoisotopic (exact) mass is 312 g/mol. The fourth-order valence-corrected chi connectivity index (χ4v) is 2.89. The molecule has 0 amide bonds. The molecule has 2 unspecified atom stereocenters. The third-order valence-electron chi connectivity index (χ3n) is 4.24. The molecular formula is C18H32O4. The van der Waals surface area contributed by atoms with Crippen molar-refractivity contribution in [2.24, 2.45) is 11.8 Å². The van der Waals surface area contributed by atoms with Gasteiger partial charge in [0.25, 0.3) is 0 Å². The van der Waals surface area contributed by atoms with Crippen LogP contribution in [0.25, 0.3) is 0 Å². The number of esters is 2. The van der Waals surface area contributed by atoms with E-state index < -0.39 is 0 Å². The smallest absolute Gasteiger partial charge is 0.306 e. The van der Waals surface area contributed by atoms with Crippen molar-refractivity contribution >= 4 is 11.9 Å². The van der Waals surface area contributed by atoms with Crippen molar-refractivity contribution in [1.29, 1.82) is 0 Å². The highest BCUT2D eigenvalue weighted by atomic mass is 16.5. The number of hydrogen-bond acceptors (Lipinski definition) is 4. The van der Waals surface area contributed by atoms with E-state index in [4.69, 9.17) is 9.47 Å². The maximum absolute atomic E-state index is 11.9. The first-order chi connectivity index (χ1) is 10.5. The Labute approximate surface area is 134 Å². The Balaban J connectivity index is 2.11. The minimum absolute atomic E-state index is 0.110. The van der Waals surface area contributed by atoms with E-state index >= 15 is 0 Å². The summed E-state index contributed by atoms with van der Waals surface area (Å²) in [6, 6.07) is 0. The average Bonchev–Trinajstić information content (AvgIpc) is 2.50. The van der Waals surface area contributed by atoms with E-state index in [1.165, 1.54) is 12.8 Å². The third-order valence-corrected chi connectivity index (χ3v) is 4.24. The quantitative estimate of drug-likeness (QED) is 0.471. The molecule has 1 saturated carbocycles. The first kappa shape index (κ1) is 19.0. The van der Waals surface area contributed by atoms with Crippen LogP contribution in [0.2, 0.25) is 0 Å². The number of hydrogen-bond donors (Lipinski definition) is 0. The number of ether oxygens (including phenoxy) is 2. The van der Waals surface area contributed by atoms with Gasteiger partial charge in [0.05, 0.1) is 6.61 Å². The van der Waals surface area contributed by atoms with Gasteiger partial charge in [0.1, 0.15) is 6.10 Å². The molecule has 22 heavy (non-hydrogen) atoms. The van der Waals surface area contributed by atoms with Crippen molar-refractivity contribution in [2.75, 3.05) is 6.61 Å². The fourth-order valence-electron chi connectivity index (χ4n) is 2.89. The molecule has 0 aromatic carbocycles. The maximum Gasteiger partial charge on any atom is 0.306 e. The van der Waals surface area contributed by atoms with Crippen LogP contribution in [0, 0.1) is 11.8 Å². The Morgan fingerprint density at radius 1 is 1.05 bits per heavy atom. The molecule has 1 fully saturated rings. The normalized spacial score (nSPS) is 21.6. The van der Waals surface area contributed by atoms with Crippen LogP contribution < -0.4 is 0 Å². The highest BCUT2D eigenvalue weighted by Gasteiger charge is 2.26. The third kappa shape index (κ3) is 7.81. The van der Waals surface area contributed by atoms with Crippen LogP contribution in [0.15, 0.2) is 0 Å². The second kappa shape index (κ2) is 10.6. The summed E-state index contributed by atoms with van der Waals surface area (Å²) in [6.07, 6.45) is 7.98. The molecule has 1 rings (SSSR count). The molecule has 128 valence electrons. The summed E-state index contributed by atoms with van der Waals surface area (Å²) in [5.41, 5.74) is 0. The maximum atomic E-state index is 11.9. The van der Waals surface area contributed by atoms with Crippen LogP contribution in [0.1, 0.15) is 78.6 Å². The Hall–Kier alpha value is -1.06. The van der Waals surface area contributed by atoms with E-state index in [-0.39, 0.29) is 18.0 Å². The summed E-state index contributed by atoms with van der Waals surface area (Å²) < 4.78 is 10.7. The summed E-state index contributed by atoms with van der Waals surface area (Å²) in [6.45, 7) is 6.66. The van der Waals surface area contributed by atoms with Gasteiger partial charge in [0.15, 0.2) is 0 Å². The van der Waals surface area contributed by atoms with Crippen LogP contribution in [0.3, 0.4) is 0 Å². The van der Waals surface area contributed by atoms with Gasteiger partial charge in [-0.3, -0.25) is 9.59 Å². The molecule has 2 atom stereocenters. The summed E-state index contributed by atoms with van der Waals surface area (Å²) in [5, 5.41) is 0. The fraction of sp³-hybridized carbons (Fsp3) is 0.889. The summed E-state index contributed by atoms with van der Waals surface area (Å²) in [7, 11) is 0. The largest absolute Gasteiger partial charge is 0.465 e. The van der Waals surface area contributed by atoms with Gasteiger partial charge in [-0.25, -0.2) is 0 Å². The summed E-state index contributed by atoms with van der Waals surface area (Å²) >= 11 is 0. The van der Waals surface area contributed by atoms with Gasteiger partial charge in [-0.2, -0.15) is 0 Å². The summed E-state index contributed by atoms with van der Waals surface area (Å²) in [5.74, 6) is 0.617. The van der Waals surface area contributed by atoms with Crippen molar-refractivity contribution in [2.45, 2.75) is 84.7 Å². The first-order valence-electron chi connectivity index (χ1n) is 8.88. The molecule has 0 aromatic heterocycles. The lowest BCUT2D eigenvalue weighted by Crippen LogP contribution is -2.29. The van der Waals surface area contributed by atoms with Crippen molar-refractivity contribution in [1.82, 2.24) is 0 Å². The molecule has 0 aromatic rings. The standard InChI is InChI=1S/C18H32O4/c1-4-15-9-5-6-10-16(15)22-18(20)12-8-7-11-17(19)21-13-14(2)3/h14-16H,4-13H2,1-3H3. The van der Waals surface area contributed by atoms with Crippen molar-refractivity contribution < 1.29 is 19.1 Å². The van der Waals surface area contributed by atoms with E-state index in [0.29, 0.717) is 44.1 Å². The molecule has 0 N–H and O–H groups in total. The molecule has 4 heteroatoms. The summed E-state index contributed by atoms with van der Waals surface area (Å²) in [4.78, 5) is 23.3. The van der Waals surface area contributed by atoms with Gasteiger partial charge < -0.3 is 9.47 Å².